The van der Waals surface area contributed by atoms with Crippen LogP contribution >= 0.6 is 0 Å². The van der Waals surface area contributed by atoms with E-state index in [1.165, 1.54) is 11.0 Å². The molecule has 21 heavy (non-hydrogen) atoms. The number of rotatable bonds is 5. The Labute approximate surface area is 118 Å². The van der Waals surface area contributed by atoms with Gasteiger partial charge in [0.1, 0.15) is 5.56 Å². The van der Waals surface area contributed by atoms with E-state index in [1.54, 1.807) is 14.1 Å². The summed E-state index contributed by atoms with van der Waals surface area (Å²) in [5, 5.41) is 13.2. The lowest BCUT2D eigenvalue weighted by atomic mass is 10.1. The molecule has 0 aliphatic carbocycles. The van der Waals surface area contributed by atoms with Crippen molar-refractivity contribution in [1.29, 1.82) is 0 Å². The minimum absolute atomic E-state index is 0.0690. The molecule has 0 aromatic heterocycles. The van der Waals surface area contributed by atoms with Gasteiger partial charge in [0.2, 0.25) is 5.91 Å². The molecule has 0 aliphatic heterocycles. The SMILES string of the molecule is CN(C)C(=O)CCNc1ccc([N+](=O)[O-])c(C(F)(F)F)c1. The summed E-state index contributed by atoms with van der Waals surface area (Å²) in [5.74, 6) is -0.180. The van der Waals surface area contributed by atoms with E-state index in [1.807, 2.05) is 0 Å². The first kappa shape index (κ1) is 16.7. The number of alkyl halides is 3. The predicted molar refractivity (Wildman–Crippen MR) is 69.9 cm³/mol. The topological polar surface area (TPSA) is 75.5 Å². The zero-order valence-electron chi connectivity index (χ0n) is 11.4. The maximum atomic E-state index is 12.8. The minimum atomic E-state index is -4.82. The van der Waals surface area contributed by atoms with Crippen LogP contribution in [0.3, 0.4) is 0 Å². The maximum Gasteiger partial charge on any atom is 0.423 e. The molecule has 1 rings (SSSR count). The number of carbonyl (C=O) groups excluding carboxylic acids is 1. The van der Waals surface area contributed by atoms with Crippen molar-refractivity contribution < 1.29 is 22.9 Å². The van der Waals surface area contributed by atoms with E-state index < -0.39 is 22.4 Å². The Morgan fingerprint density at radius 1 is 1.38 bits per heavy atom. The van der Waals surface area contributed by atoms with Gasteiger partial charge in [-0.3, -0.25) is 14.9 Å². The number of nitrogens with zero attached hydrogens (tertiary/aromatic N) is 2. The van der Waals surface area contributed by atoms with E-state index in [9.17, 15) is 28.1 Å². The first-order chi connectivity index (χ1) is 9.62. The second kappa shape index (κ2) is 6.42. The fourth-order valence-corrected chi connectivity index (χ4v) is 1.57. The molecule has 0 saturated heterocycles. The van der Waals surface area contributed by atoms with Crippen LogP contribution < -0.4 is 5.32 Å². The monoisotopic (exact) mass is 305 g/mol. The molecular formula is C12H14F3N3O3. The molecule has 0 heterocycles. The molecule has 1 amide bonds. The van der Waals surface area contributed by atoms with Gasteiger partial charge in [0.05, 0.1) is 4.92 Å². The van der Waals surface area contributed by atoms with Gasteiger partial charge in [-0.15, -0.1) is 0 Å². The highest BCUT2D eigenvalue weighted by molar-refractivity contribution is 5.76. The molecule has 0 fully saturated rings. The summed E-state index contributed by atoms with van der Waals surface area (Å²) >= 11 is 0. The zero-order chi connectivity index (χ0) is 16.2. The van der Waals surface area contributed by atoms with E-state index in [2.05, 4.69) is 5.32 Å². The van der Waals surface area contributed by atoms with Crippen LogP contribution in [0, 0.1) is 10.1 Å². The normalized spacial score (nSPS) is 11.1. The number of carbonyl (C=O) groups is 1. The van der Waals surface area contributed by atoms with Crippen molar-refractivity contribution in [2.75, 3.05) is 26.0 Å². The number of hydrogen-bond acceptors (Lipinski definition) is 4. The van der Waals surface area contributed by atoms with Crippen LogP contribution in [0.4, 0.5) is 24.5 Å². The van der Waals surface area contributed by atoms with Crippen LogP contribution in [0.1, 0.15) is 12.0 Å². The summed E-state index contributed by atoms with van der Waals surface area (Å²) in [7, 11) is 3.13. The summed E-state index contributed by atoms with van der Waals surface area (Å²) in [4.78, 5) is 22.2. The largest absolute Gasteiger partial charge is 0.423 e. The van der Waals surface area contributed by atoms with Gasteiger partial charge in [-0.25, -0.2) is 0 Å². The van der Waals surface area contributed by atoms with Crippen LogP contribution in [0.15, 0.2) is 18.2 Å². The molecule has 0 atom stereocenters. The smallest absolute Gasteiger partial charge is 0.385 e. The van der Waals surface area contributed by atoms with Gasteiger partial charge >= 0.3 is 6.18 Å². The number of nitro groups is 1. The fraction of sp³-hybridized carbons (Fsp3) is 0.417. The highest BCUT2D eigenvalue weighted by Gasteiger charge is 2.38. The molecule has 0 aliphatic rings. The molecule has 116 valence electrons. The van der Waals surface area contributed by atoms with Gasteiger partial charge in [0.15, 0.2) is 0 Å². The standard InChI is InChI=1S/C12H14F3N3O3/c1-17(2)11(19)5-6-16-8-3-4-10(18(20)21)9(7-8)12(13,14)15/h3-4,7,16H,5-6H2,1-2H3. The van der Waals surface area contributed by atoms with Crippen LogP contribution in [-0.2, 0) is 11.0 Å². The number of benzene rings is 1. The van der Waals surface area contributed by atoms with Crippen LogP contribution in [0.25, 0.3) is 0 Å². The molecule has 0 spiro atoms. The Kier molecular flexibility index (Phi) is 5.12. The Hall–Kier alpha value is -2.32. The summed E-state index contributed by atoms with van der Waals surface area (Å²) < 4.78 is 38.3. The lowest BCUT2D eigenvalue weighted by molar-refractivity contribution is -0.388. The Bertz CT molecular complexity index is 544. The van der Waals surface area contributed by atoms with Crippen molar-refractivity contribution in [1.82, 2.24) is 4.90 Å². The second-order valence-corrected chi connectivity index (χ2v) is 4.45. The third-order valence-corrected chi connectivity index (χ3v) is 2.67. The Balaban J connectivity index is 2.87. The minimum Gasteiger partial charge on any atom is -0.385 e. The highest BCUT2D eigenvalue weighted by atomic mass is 19.4. The van der Waals surface area contributed by atoms with Gasteiger partial charge in [0.25, 0.3) is 5.69 Å². The summed E-state index contributed by atoms with van der Waals surface area (Å²) in [6.45, 7) is 0.131. The van der Waals surface area contributed by atoms with E-state index >= 15 is 0 Å². The van der Waals surface area contributed by atoms with Crippen molar-refractivity contribution in [3.05, 3.63) is 33.9 Å². The number of amides is 1. The van der Waals surface area contributed by atoms with Crippen molar-refractivity contribution in [2.45, 2.75) is 12.6 Å². The summed E-state index contributed by atoms with van der Waals surface area (Å²) in [5.41, 5.74) is -2.26. The van der Waals surface area contributed by atoms with Crippen LogP contribution in [0.2, 0.25) is 0 Å². The van der Waals surface area contributed by atoms with Crippen LogP contribution in [-0.4, -0.2) is 36.4 Å². The molecule has 1 N–H and O–H groups in total. The lowest BCUT2D eigenvalue weighted by Gasteiger charge is -2.13. The van der Waals surface area contributed by atoms with Gasteiger partial charge in [-0.05, 0) is 12.1 Å². The van der Waals surface area contributed by atoms with Gasteiger partial charge in [-0.1, -0.05) is 0 Å². The molecule has 0 bridgehead atoms. The van der Waals surface area contributed by atoms with E-state index in [-0.39, 0.29) is 24.6 Å². The number of anilines is 1. The van der Waals surface area contributed by atoms with E-state index in [0.717, 1.165) is 6.07 Å². The van der Waals surface area contributed by atoms with Crippen molar-refractivity contribution >= 4 is 17.3 Å². The Morgan fingerprint density at radius 3 is 2.48 bits per heavy atom. The molecule has 9 heteroatoms. The van der Waals surface area contributed by atoms with Crippen LogP contribution in [0.5, 0.6) is 0 Å². The molecule has 1 aromatic carbocycles. The summed E-state index contributed by atoms with van der Waals surface area (Å²) in [6.07, 6.45) is -4.72. The highest BCUT2D eigenvalue weighted by Crippen LogP contribution is 2.37. The maximum absolute atomic E-state index is 12.8. The molecule has 1 aromatic rings. The van der Waals surface area contributed by atoms with E-state index in [4.69, 9.17) is 0 Å². The average Bonchev–Trinajstić information content (AvgIpc) is 2.37. The first-order valence-corrected chi connectivity index (χ1v) is 5.92. The van der Waals surface area contributed by atoms with Gasteiger partial charge in [0, 0.05) is 38.8 Å². The van der Waals surface area contributed by atoms with Crippen molar-refractivity contribution in [3.8, 4) is 0 Å². The first-order valence-electron chi connectivity index (χ1n) is 5.92. The zero-order valence-corrected chi connectivity index (χ0v) is 11.4. The Morgan fingerprint density at radius 2 is 2.00 bits per heavy atom. The number of nitro benzene ring substituents is 1. The quantitative estimate of drug-likeness (QED) is 0.670. The number of halogens is 3. The van der Waals surface area contributed by atoms with Crippen molar-refractivity contribution in [3.63, 3.8) is 0 Å². The molecule has 0 unspecified atom stereocenters. The second-order valence-electron chi connectivity index (χ2n) is 4.45. The average molecular weight is 305 g/mol. The molecular weight excluding hydrogens is 291 g/mol. The molecule has 6 nitrogen and oxygen atoms in total. The molecule has 0 saturated carbocycles. The predicted octanol–water partition coefficient (Wildman–Crippen LogP) is 2.50. The third kappa shape index (κ3) is 4.62. The lowest BCUT2D eigenvalue weighted by Crippen LogP contribution is -2.24. The summed E-state index contributed by atoms with van der Waals surface area (Å²) in [6, 6.07) is 2.63. The molecule has 0 radical (unpaired) electrons. The van der Waals surface area contributed by atoms with E-state index in [0.29, 0.717) is 6.07 Å². The fourth-order valence-electron chi connectivity index (χ4n) is 1.57. The number of hydrogen-bond donors (Lipinski definition) is 1. The van der Waals surface area contributed by atoms with Crippen molar-refractivity contribution in [2.24, 2.45) is 0 Å². The third-order valence-electron chi connectivity index (χ3n) is 2.67. The number of nitrogens with one attached hydrogen (secondary N) is 1. The van der Waals surface area contributed by atoms with Gasteiger partial charge in [-0.2, -0.15) is 13.2 Å². The van der Waals surface area contributed by atoms with Gasteiger partial charge < -0.3 is 10.2 Å².